The third-order valence-corrected chi connectivity index (χ3v) is 5.49. The van der Waals surface area contributed by atoms with Crippen molar-refractivity contribution in [2.24, 2.45) is 0 Å². The maximum Gasteiger partial charge on any atom is 0.416 e. The van der Waals surface area contributed by atoms with Gasteiger partial charge in [-0.05, 0) is 43.0 Å². The molecule has 1 aliphatic rings. The summed E-state index contributed by atoms with van der Waals surface area (Å²) in [6.07, 6.45) is -1.75. The van der Waals surface area contributed by atoms with Crippen LogP contribution in [0.1, 0.15) is 38.3 Å². The third-order valence-electron chi connectivity index (χ3n) is 3.72. The van der Waals surface area contributed by atoms with Gasteiger partial charge in [-0.1, -0.05) is 15.9 Å². The summed E-state index contributed by atoms with van der Waals surface area (Å²) in [5.74, 6) is -0.322. The van der Waals surface area contributed by atoms with Crippen molar-refractivity contribution in [2.75, 3.05) is 5.73 Å². The highest BCUT2D eigenvalue weighted by atomic mass is 79.9. The van der Waals surface area contributed by atoms with E-state index >= 15 is 0 Å². The monoisotopic (exact) mass is 389 g/mol. The Labute approximate surface area is 137 Å². The zero-order valence-corrected chi connectivity index (χ0v) is 13.7. The molecule has 0 saturated carbocycles. The smallest absolute Gasteiger partial charge is 0.390 e. The van der Waals surface area contributed by atoms with Gasteiger partial charge in [0, 0.05) is 14.9 Å². The highest BCUT2D eigenvalue weighted by Crippen LogP contribution is 2.40. The molecule has 0 unspecified atom stereocenters. The van der Waals surface area contributed by atoms with Gasteiger partial charge >= 0.3 is 6.18 Å². The maximum absolute atomic E-state index is 12.7. The largest absolute Gasteiger partial charge is 0.416 e. The number of nitrogen functional groups attached to an aromatic ring is 1. The van der Waals surface area contributed by atoms with Crippen LogP contribution in [0.3, 0.4) is 0 Å². The number of aryl methyl sites for hydroxylation is 1. The molecule has 0 atom stereocenters. The van der Waals surface area contributed by atoms with Gasteiger partial charge in [-0.3, -0.25) is 4.79 Å². The molecule has 1 aromatic carbocycles. The van der Waals surface area contributed by atoms with E-state index in [2.05, 4.69) is 15.9 Å². The predicted octanol–water partition coefficient (Wildman–Crippen LogP) is 4.83. The fraction of sp³-hybridized carbons (Fsp3) is 0.267. The minimum atomic E-state index is -4.44. The first-order valence-corrected chi connectivity index (χ1v) is 8.21. The fourth-order valence-corrected chi connectivity index (χ4v) is 4.40. The van der Waals surface area contributed by atoms with Crippen molar-refractivity contribution in [3.8, 4) is 0 Å². The second-order valence-electron chi connectivity index (χ2n) is 5.12. The minimum Gasteiger partial charge on any atom is -0.390 e. The van der Waals surface area contributed by atoms with E-state index in [0.29, 0.717) is 10.6 Å². The first kappa shape index (κ1) is 15.6. The Morgan fingerprint density at radius 2 is 2.00 bits per heavy atom. The molecule has 0 aliphatic heterocycles. The molecule has 2 aromatic rings. The van der Waals surface area contributed by atoms with Crippen LogP contribution in [-0.2, 0) is 19.0 Å². The van der Waals surface area contributed by atoms with Crippen LogP contribution in [0, 0.1) is 0 Å². The van der Waals surface area contributed by atoms with E-state index in [1.54, 1.807) is 0 Å². The summed E-state index contributed by atoms with van der Waals surface area (Å²) < 4.78 is 38.2. The lowest BCUT2D eigenvalue weighted by molar-refractivity contribution is -0.137. The molecule has 0 bridgehead atoms. The first-order valence-electron chi connectivity index (χ1n) is 6.60. The Morgan fingerprint density at radius 1 is 1.27 bits per heavy atom. The predicted molar refractivity (Wildman–Crippen MR) is 83.3 cm³/mol. The Bertz CT molecular complexity index is 767. The summed E-state index contributed by atoms with van der Waals surface area (Å²) in [7, 11) is 0. The van der Waals surface area contributed by atoms with Crippen molar-refractivity contribution < 1.29 is 18.0 Å². The van der Waals surface area contributed by atoms with Gasteiger partial charge in [-0.15, -0.1) is 11.3 Å². The number of halogens is 4. The third kappa shape index (κ3) is 2.56. The van der Waals surface area contributed by atoms with Crippen LogP contribution >= 0.6 is 27.3 Å². The van der Waals surface area contributed by atoms with Gasteiger partial charge in [0.1, 0.15) is 0 Å². The van der Waals surface area contributed by atoms with E-state index in [-0.39, 0.29) is 15.8 Å². The number of benzene rings is 1. The topological polar surface area (TPSA) is 43.1 Å². The van der Waals surface area contributed by atoms with Crippen molar-refractivity contribution in [2.45, 2.75) is 25.4 Å². The quantitative estimate of drug-likeness (QED) is 0.747. The average Bonchev–Trinajstić information content (AvgIpc) is 2.96. The minimum absolute atomic E-state index is 0.129. The summed E-state index contributed by atoms with van der Waals surface area (Å²) in [5.41, 5.74) is 6.76. The average molecular weight is 390 g/mol. The van der Waals surface area contributed by atoms with Gasteiger partial charge in [-0.25, -0.2) is 0 Å². The molecule has 0 amide bonds. The molecule has 0 radical (unpaired) electrons. The van der Waals surface area contributed by atoms with E-state index in [1.165, 1.54) is 17.4 Å². The second kappa shape index (κ2) is 5.38. The van der Waals surface area contributed by atoms with Gasteiger partial charge in [0.15, 0.2) is 5.78 Å². The van der Waals surface area contributed by atoms with Gasteiger partial charge in [0.2, 0.25) is 0 Å². The van der Waals surface area contributed by atoms with Crippen LogP contribution in [0.5, 0.6) is 0 Å². The van der Waals surface area contributed by atoms with E-state index < -0.39 is 11.7 Å². The number of nitrogens with two attached hydrogens (primary N) is 1. The van der Waals surface area contributed by atoms with E-state index in [9.17, 15) is 18.0 Å². The summed E-state index contributed by atoms with van der Waals surface area (Å²) in [6, 6.07) is 3.05. The van der Waals surface area contributed by atoms with Crippen LogP contribution in [0.15, 0.2) is 22.7 Å². The van der Waals surface area contributed by atoms with Crippen molar-refractivity contribution in [3.05, 3.63) is 49.8 Å². The van der Waals surface area contributed by atoms with Crippen LogP contribution in [0.2, 0.25) is 0 Å². The number of anilines is 1. The first-order chi connectivity index (χ1) is 10.3. The number of alkyl halides is 3. The van der Waals surface area contributed by atoms with E-state index in [4.69, 9.17) is 5.73 Å². The van der Waals surface area contributed by atoms with Crippen LogP contribution in [0.25, 0.3) is 0 Å². The molecule has 22 heavy (non-hydrogen) atoms. The number of carbonyl (C=O) groups excluding carboxylic acids is 1. The van der Waals surface area contributed by atoms with Crippen LogP contribution in [-0.4, -0.2) is 5.78 Å². The second-order valence-corrected chi connectivity index (χ2v) is 7.11. The molecule has 2 N–H and O–H groups in total. The summed E-state index contributed by atoms with van der Waals surface area (Å²) in [6.45, 7) is 0. The summed E-state index contributed by atoms with van der Waals surface area (Å²) >= 11 is 4.47. The van der Waals surface area contributed by atoms with Gasteiger partial charge < -0.3 is 5.73 Å². The standard InChI is InChI=1S/C15H11BrF3NOS/c16-10-6-7(15(17,18)19)4-5-8(10)13(21)12-9-2-1-3-11(9)22-14(12)20/h4-6H,1-3,20H2. The van der Waals surface area contributed by atoms with Crippen molar-refractivity contribution in [1.82, 2.24) is 0 Å². The number of carbonyl (C=O) groups is 1. The lowest BCUT2D eigenvalue weighted by Crippen LogP contribution is -2.09. The number of hydrogen-bond acceptors (Lipinski definition) is 3. The van der Waals surface area contributed by atoms with Gasteiger partial charge in [0.25, 0.3) is 0 Å². The van der Waals surface area contributed by atoms with Crippen molar-refractivity contribution in [3.63, 3.8) is 0 Å². The number of ketones is 1. The molecule has 0 saturated heterocycles. The van der Waals surface area contributed by atoms with Crippen LogP contribution < -0.4 is 5.73 Å². The number of hydrogen-bond donors (Lipinski definition) is 1. The Morgan fingerprint density at radius 3 is 2.64 bits per heavy atom. The van der Waals surface area contributed by atoms with Crippen LogP contribution in [0.4, 0.5) is 18.2 Å². The molecular formula is C15H11BrF3NOS. The lowest BCUT2D eigenvalue weighted by atomic mass is 9.99. The summed E-state index contributed by atoms with van der Waals surface area (Å²) in [5, 5.41) is 0.446. The molecule has 3 rings (SSSR count). The Balaban J connectivity index is 2.04. The Kier molecular flexibility index (Phi) is 3.81. The molecule has 2 nitrogen and oxygen atoms in total. The molecule has 1 aliphatic carbocycles. The van der Waals surface area contributed by atoms with E-state index in [0.717, 1.165) is 41.8 Å². The zero-order chi connectivity index (χ0) is 16.1. The fourth-order valence-electron chi connectivity index (χ4n) is 2.68. The lowest BCUT2D eigenvalue weighted by Gasteiger charge is -2.10. The number of thiophene rings is 1. The van der Waals surface area contributed by atoms with E-state index in [1.807, 2.05) is 0 Å². The normalized spacial score (nSPS) is 14.2. The molecule has 116 valence electrons. The maximum atomic E-state index is 12.7. The SMILES string of the molecule is Nc1sc2c(c1C(=O)c1ccc(C(F)(F)F)cc1Br)CCC2. The molecule has 1 heterocycles. The molecule has 0 spiro atoms. The number of fused-ring (bicyclic) bond motifs is 1. The zero-order valence-electron chi connectivity index (χ0n) is 11.3. The van der Waals surface area contributed by atoms with Gasteiger partial charge in [-0.2, -0.15) is 13.2 Å². The van der Waals surface area contributed by atoms with Crippen molar-refractivity contribution in [1.29, 1.82) is 0 Å². The highest BCUT2D eigenvalue weighted by molar-refractivity contribution is 9.10. The number of rotatable bonds is 2. The summed E-state index contributed by atoms with van der Waals surface area (Å²) in [4.78, 5) is 13.8. The Hall–Kier alpha value is -1.34. The molecular weight excluding hydrogens is 379 g/mol. The van der Waals surface area contributed by atoms with Gasteiger partial charge in [0.05, 0.1) is 16.1 Å². The highest BCUT2D eigenvalue weighted by Gasteiger charge is 2.32. The molecule has 0 fully saturated rings. The molecule has 1 aromatic heterocycles. The molecule has 7 heteroatoms. The van der Waals surface area contributed by atoms with Crippen molar-refractivity contribution >= 4 is 38.1 Å².